The van der Waals surface area contributed by atoms with E-state index in [2.05, 4.69) is 5.32 Å². The number of rotatable bonds is 8. The second-order valence-electron chi connectivity index (χ2n) is 5.69. The first-order chi connectivity index (χ1) is 12.4. The third-order valence-electron chi connectivity index (χ3n) is 3.68. The van der Waals surface area contributed by atoms with E-state index < -0.39 is 36.2 Å². The third-order valence-corrected chi connectivity index (χ3v) is 3.68. The molecule has 0 heterocycles. The summed E-state index contributed by atoms with van der Waals surface area (Å²) in [6, 6.07) is 8.66. The fraction of sp³-hybridized carbons (Fsp3) is 0.263. The molecule has 0 bridgehead atoms. The molecule has 0 fully saturated rings. The van der Waals surface area contributed by atoms with Crippen molar-refractivity contribution in [3.63, 3.8) is 0 Å². The standard InChI is InChI=1S/C19H19F2NO4/c1-2-4-17(15-8-7-13(20)10-16(15)21)22-19(25)12-5-3-6-14(9-12)26-11-18(23)24/h3,5-10,17H,2,4,11H2,1H3,(H,22,25)(H,23,24). The summed E-state index contributed by atoms with van der Waals surface area (Å²) in [7, 11) is 0. The molecule has 1 amide bonds. The zero-order chi connectivity index (χ0) is 19.1. The van der Waals surface area contributed by atoms with Gasteiger partial charge in [0.15, 0.2) is 6.61 Å². The maximum atomic E-state index is 14.1. The second kappa shape index (κ2) is 8.94. The molecule has 138 valence electrons. The highest BCUT2D eigenvalue weighted by molar-refractivity contribution is 5.94. The van der Waals surface area contributed by atoms with Gasteiger partial charge in [0, 0.05) is 17.2 Å². The summed E-state index contributed by atoms with van der Waals surface area (Å²) in [6.45, 7) is 1.37. The zero-order valence-corrected chi connectivity index (χ0v) is 14.2. The van der Waals surface area contributed by atoms with Gasteiger partial charge in [0.2, 0.25) is 0 Å². The normalized spacial score (nSPS) is 11.7. The molecule has 0 radical (unpaired) electrons. The number of amides is 1. The monoisotopic (exact) mass is 363 g/mol. The van der Waals surface area contributed by atoms with Gasteiger partial charge < -0.3 is 15.2 Å². The average molecular weight is 363 g/mol. The largest absolute Gasteiger partial charge is 0.482 e. The van der Waals surface area contributed by atoms with Gasteiger partial charge in [-0.3, -0.25) is 4.79 Å². The first-order valence-electron chi connectivity index (χ1n) is 8.11. The number of benzene rings is 2. The summed E-state index contributed by atoms with van der Waals surface area (Å²) in [5.41, 5.74) is 0.455. The molecule has 1 atom stereocenters. The second-order valence-corrected chi connectivity index (χ2v) is 5.69. The van der Waals surface area contributed by atoms with Crippen LogP contribution >= 0.6 is 0 Å². The molecule has 0 saturated carbocycles. The molecule has 7 heteroatoms. The zero-order valence-electron chi connectivity index (χ0n) is 14.2. The number of halogens is 2. The minimum absolute atomic E-state index is 0.208. The number of nitrogens with one attached hydrogen (secondary N) is 1. The van der Waals surface area contributed by atoms with Crippen molar-refractivity contribution in [2.75, 3.05) is 6.61 Å². The number of ether oxygens (including phenoxy) is 1. The van der Waals surface area contributed by atoms with Crippen molar-refractivity contribution in [1.82, 2.24) is 5.32 Å². The highest BCUT2D eigenvalue weighted by Gasteiger charge is 2.19. The number of aliphatic carboxylic acids is 1. The van der Waals surface area contributed by atoms with Crippen molar-refractivity contribution in [3.8, 4) is 5.75 Å². The molecule has 0 aliphatic carbocycles. The van der Waals surface area contributed by atoms with Crippen molar-refractivity contribution in [2.24, 2.45) is 0 Å². The highest BCUT2D eigenvalue weighted by atomic mass is 19.1. The van der Waals surface area contributed by atoms with Crippen molar-refractivity contribution in [2.45, 2.75) is 25.8 Å². The van der Waals surface area contributed by atoms with E-state index in [1.54, 1.807) is 6.07 Å². The van der Waals surface area contributed by atoms with Crippen LogP contribution in [-0.4, -0.2) is 23.6 Å². The van der Waals surface area contributed by atoms with Crippen LogP contribution in [-0.2, 0) is 4.79 Å². The Morgan fingerprint density at radius 1 is 1.19 bits per heavy atom. The smallest absolute Gasteiger partial charge is 0.341 e. The Bertz CT molecular complexity index is 795. The summed E-state index contributed by atoms with van der Waals surface area (Å²) in [6.07, 6.45) is 1.16. The average Bonchev–Trinajstić information content (AvgIpc) is 2.60. The van der Waals surface area contributed by atoms with Gasteiger partial charge in [-0.15, -0.1) is 0 Å². The van der Waals surface area contributed by atoms with Crippen LogP contribution in [0.15, 0.2) is 42.5 Å². The van der Waals surface area contributed by atoms with E-state index >= 15 is 0 Å². The van der Waals surface area contributed by atoms with Crippen LogP contribution in [0.1, 0.15) is 41.7 Å². The molecule has 0 saturated heterocycles. The Labute approximate surface area is 149 Å². The van der Waals surface area contributed by atoms with Gasteiger partial charge in [0.05, 0.1) is 6.04 Å². The number of carbonyl (C=O) groups excluding carboxylic acids is 1. The van der Waals surface area contributed by atoms with Crippen LogP contribution in [0, 0.1) is 11.6 Å². The van der Waals surface area contributed by atoms with Gasteiger partial charge in [-0.25, -0.2) is 13.6 Å². The van der Waals surface area contributed by atoms with E-state index in [4.69, 9.17) is 9.84 Å². The van der Waals surface area contributed by atoms with Crippen molar-refractivity contribution < 1.29 is 28.2 Å². The Balaban J connectivity index is 2.17. The van der Waals surface area contributed by atoms with Gasteiger partial charge >= 0.3 is 5.97 Å². The summed E-state index contributed by atoms with van der Waals surface area (Å²) < 4.78 is 32.2. The predicted octanol–water partition coefficient (Wildman–Crippen LogP) is 3.70. The molecule has 1 unspecified atom stereocenters. The SMILES string of the molecule is CCCC(NC(=O)c1cccc(OCC(=O)O)c1)c1ccc(F)cc1F. The van der Waals surface area contributed by atoms with Crippen molar-refractivity contribution in [1.29, 1.82) is 0 Å². The third kappa shape index (κ3) is 5.27. The molecule has 0 aromatic heterocycles. The lowest BCUT2D eigenvalue weighted by Crippen LogP contribution is -2.29. The van der Waals surface area contributed by atoms with Gasteiger partial charge in [-0.1, -0.05) is 25.5 Å². The molecule has 2 aromatic carbocycles. The molecule has 2 aromatic rings. The van der Waals surface area contributed by atoms with E-state index in [0.29, 0.717) is 12.8 Å². The first kappa shape index (κ1) is 19.4. The maximum Gasteiger partial charge on any atom is 0.341 e. The lowest BCUT2D eigenvalue weighted by molar-refractivity contribution is -0.139. The fourth-order valence-electron chi connectivity index (χ4n) is 2.49. The number of carbonyl (C=O) groups is 2. The van der Waals surface area contributed by atoms with E-state index in [1.807, 2.05) is 6.92 Å². The quantitative estimate of drug-likeness (QED) is 0.750. The van der Waals surface area contributed by atoms with Gasteiger partial charge in [-0.2, -0.15) is 0 Å². The van der Waals surface area contributed by atoms with E-state index in [-0.39, 0.29) is 16.9 Å². The van der Waals surface area contributed by atoms with Gasteiger partial charge in [-0.05, 0) is 30.7 Å². The van der Waals surface area contributed by atoms with Crippen LogP contribution in [0.3, 0.4) is 0 Å². The number of carboxylic acids is 1. The summed E-state index contributed by atoms with van der Waals surface area (Å²) in [5.74, 6) is -2.76. The number of hydrogen-bond acceptors (Lipinski definition) is 3. The molecular weight excluding hydrogens is 344 g/mol. The summed E-state index contributed by atoms with van der Waals surface area (Å²) >= 11 is 0. The molecule has 26 heavy (non-hydrogen) atoms. The molecular formula is C19H19F2NO4. The molecule has 2 rings (SSSR count). The van der Waals surface area contributed by atoms with Gasteiger partial charge in [0.1, 0.15) is 17.4 Å². The molecule has 0 aliphatic heterocycles. The fourth-order valence-corrected chi connectivity index (χ4v) is 2.49. The Hall–Kier alpha value is -2.96. The van der Waals surface area contributed by atoms with Gasteiger partial charge in [0.25, 0.3) is 5.91 Å². The molecule has 0 aliphatic rings. The predicted molar refractivity (Wildman–Crippen MR) is 91.0 cm³/mol. The Kier molecular flexibility index (Phi) is 6.66. The first-order valence-corrected chi connectivity index (χ1v) is 8.11. The number of carboxylic acid groups (broad SMARTS) is 1. The van der Waals surface area contributed by atoms with E-state index in [1.165, 1.54) is 24.3 Å². The number of hydrogen-bond donors (Lipinski definition) is 2. The summed E-state index contributed by atoms with van der Waals surface area (Å²) in [4.78, 5) is 23.0. The Morgan fingerprint density at radius 2 is 1.96 bits per heavy atom. The molecule has 2 N–H and O–H groups in total. The minimum Gasteiger partial charge on any atom is -0.482 e. The maximum absolute atomic E-state index is 14.1. The minimum atomic E-state index is -1.13. The van der Waals surface area contributed by atoms with Crippen LogP contribution in [0.4, 0.5) is 8.78 Å². The van der Waals surface area contributed by atoms with Crippen LogP contribution in [0.5, 0.6) is 5.75 Å². The lowest BCUT2D eigenvalue weighted by Gasteiger charge is -2.19. The van der Waals surface area contributed by atoms with Crippen LogP contribution in [0.2, 0.25) is 0 Å². The molecule has 5 nitrogen and oxygen atoms in total. The van der Waals surface area contributed by atoms with Crippen molar-refractivity contribution in [3.05, 3.63) is 65.2 Å². The van der Waals surface area contributed by atoms with E-state index in [0.717, 1.165) is 12.1 Å². The lowest BCUT2D eigenvalue weighted by atomic mass is 10.0. The van der Waals surface area contributed by atoms with E-state index in [9.17, 15) is 18.4 Å². The van der Waals surface area contributed by atoms with Crippen LogP contribution < -0.4 is 10.1 Å². The highest BCUT2D eigenvalue weighted by Crippen LogP contribution is 2.23. The Morgan fingerprint density at radius 3 is 2.62 bits per heavy atom. The van der Waals surface area contributed by atoms with Crippen LogP contribution in [0.25, 0.3) is 0 Å². The van der Waals surface area contributed by atoms with Crippen molar-refractivity contribution >= 4 is 11.9 Å². The topological polar surface area (TPSA) is 75.6 Å². The molecule has 0 spiro atoms. The summed E-state index contributed by atoms with van der Waals surface area (Å²) in [5, 5.41) is 11.4.